The first-order chi connectivity index (χ1) is 8.29. The lowest BCUT2D eigenvalue weighted by atomic mass is 10.5. The third kappa shape index (κ3) is 3.37. The van der Waals surface area contributed by atoms with Gasteiger partial charge in [0.1, 0.15) is 0 Å². The van der Waals surface area contributed by atoms with Crippen molar-refractivity contribution in [3.05, 3.63) is 0 Å². The first-order valence-corrected chi connectivity index (χ1v) is 6.50. The standard InChI is InChI=1S/C7H15Cl2N2O2P/c8-2-5-11(6-3-9)14(12)10-4-1-7-13-14/h1-7H2,(H,10,12)/i2T,3T,5T,6T. The van der Waals surface area contributed by atoms with Crippen LogP contribution < -0.4 is 5.09 Å². The highest BCUT2D eigenvalue weighted by Crippen LogP contribution is 2.47. The minimum absolute atomic E-state index is 0.218. The van der Waals surface area contributed by atoms with Crippen LogP contribution in [0.3, 0.4) is 0 Å². The maximum Gasteiger partial charge on any atom is 0.343 e. The van der Waals surface area contributed by atoms with Gasteiger partial charge in [0, 0.05) is 36.8 Å². The number of nitrogens with one attached hydrogen (secondary N) is 1. The van der Waals surface area contributed by atoms with Crippen molar-refractivity contribution in [2.45, 2.75) is 6.42 Å². The largest absolute Gasteiger partial charge is 0.343 e. The van der Waals surface area contributed by atoms with E-state index in [2.05, 4.69) is 5.09 Å². The second-order valence-corrected chi connectivity index (χ2v) is 5.13. The molecule has 1 aliphatic heterocycles. The molecule has 1 aliphatic rings. The molecule has 0 saturated carbocycles. The van der Waals surface area contributed by atoms with Crippen LogP contribution in [0.15, 0.2) is 0 Å². The Labute approximate surface area is 100 Å². The van der Waals surface area contributed by atoms with Crippen LogP contribution in [0.1, 0.15) is 11.9 Å². The summed E-state index contributed by atoms with van der Waals surface area (Å²) in [5, 5.41) is 2.60. The van der Waals surface area contributed by atoms with E-state index in [9.17, 15) is 4.57 Å². The summed E-state index contributed by atoms with van der Waals surface area (Å²) in [7, 11) is -3.64. The SMILES string of the molecule is [3H]C(Cl)C([3H])N(C([3H])C([3H])Cl)P1(=O)NCCCO1. The molecule has 0 amide bonds. The minimum atomic E-state index is -3.64. The van der Waals surface area contributed by atoms with E-state index >= 15 is 0 Å². The van der Waals surface area contributed by atoms with E-state index < -0.39 is 32.4 Å². The summed E-state index contributed by atoms with van der Waals surface area (Å²) in [6.45, 7) is -2.33. The zero-order valence-electron chi connectivity index (χ0n) is 11.4. The van der Waals surface area contributed by atoms with E-state index in [1.165, 1.54) is 0 Å². The average molecular weight is 269 g/mol. The van der Waals surface area contributed by atoms with Crippen LogP contribution in [0, 0.1) is 0 Å². The Balaban J connectivity index is 2.99. The van der Waals surface area contributed by atoms with Gasteiger partial charge in [-0.2, -0.15) is 0 Å². The number of alkyl halides is 2. The van der Waals surface area contributed by atoms with Crippen molar-refractivity contribution < 1.29 is 14.6 Å². The second-order valence-electron chi connectivity index (χ2n) is 2.55. The molecule has 4 nitrogen and oxygen atoms in total. The van der Waals surface area contributed by atoms with E-state index in [-0.39, 0.29) is 6.61 Å². The number of nitrogens with zero attached hydrogens (tertiary/aromatic N) is 1. The molecule has 0 aromatic carbocycles. The number of hydrogen-bond donors (Lipinski definition) is 1. The van der Waals surface area contributed by atoms with Crippen molar-refractivity contribution in [1.29, 1.82) is 0 Å². The van der Waals surface area contributed by atoms with Gasteiger partial charge in [-0.05, 0) is 6.42 Å². The predicted molar refractivity (Wildman–Crippen MR) is 59.2 cm³/mol. The van der Waals surface area contributed by atoms with Gasteiger partial charge in [0.15, 0.2) is 0 Å². The lowest BCUT2D eigenvalue weighted by Gasteiger charge is -2.33. The highest BCUT2D eigenvalue weighted by atomic mass is 35.5. The predicted octanol–water partition coefficient (Wildman–Crippen LogP) is 1.88. The summed E-state index contributed by atoms with van der Waals surface area (Å²) in [4.78, 5) is 0. The van der Waals surface area contributed by atoms with E-state index in [4.69, 9.17) is 33.2 Å². The van der Waals surface area contributed by atoms with Gasteiger partial charge < -0.3 is 4.52 Å². The van der Waals surface area contributed by atoms with E-state index in [0.29, 0.717) is 13.0 Å². The lowest BCUT2D eigenvalue weighted by molar-refractivity contribution is 0.233. The van der Waals surface area contributed by atoms with Crippen molar-refractivity contribution in [2.75, 3.05) is 37.9 Å². The van der Waals surface area contributed by atoms with Crippen LogP contribution in [0.4, 0.5) is 0 Å². The molecule has 5 unspecified atom stereocenters. The average Bonchev–Trinajstić information content (AvgIpc) is 2.29. The Kier molecular flexibility index (Phi) is 3.55. The fourth-order valence-electron chi connectivity index (χ4n) is 1.02. The van der Waals surface area contributed by atoms with E-state index in [0.717, 1.165) is 4.67 Å². The van der Waals surface area contributed by atoms with Gasteiger partial charge in [0.05, 0.1) is 6.61 Å². The summed E-state index contributed by atoms with van der Waals surface area (Å²) in [6, 6.07) is 0. The molecule has 7 heteroatoms. The monoisotopic (exact) mass is 268 g/mol. The molecule has 1 saturated heterocycles. The van der Waals surface area contributed by atoms with Crippen LogP contribution in [0.25, 0.3) is 0 Å². The topological polar surface area (TPSA) is 41.6 Å². The molecule has 0 aromatic rings. The molecule has 84 valence electrons. The minimum Gasteiger partial charge on any atom is -0.306 e. The number of rotatable bonds is 5. The van der Waals surface area contributed by atoms with Crippen LogP contribution in [0.5, 0.6) is 0 Å². The third-order valence-corrected chi connectivity index (χ3v) is 3.88. The summed E-state index contributed by atoms with van der Waals surface area (Å²) in [5.74, 6) is -2.85. The number of hydrogen-bond acceptors (Lipinski definition) is 2. The molecular formula is C7H15Cl2N2O2P. The fraction of sp³-hybridized carbons (Fsp3) is 1.00. The molecule has 1 N–H and O–H groups in total. The highest BCUT2D eigenvalue weighted by Gasteiger charge is 2.32. The Morgan fingerprint density at radius 2 is 2.14 bits per heavy atom. The van der Waals surface area contributed by atoms with Crippen LogP contribution in [-0.4, -0.2) is 42.6 Å². The second kappa shape index (κ2) is 6.31. The Morgan fingerprint density at radius 1 is 1.50 bits per heavy atom. The lowest BCUT2D eigenvalue weighted by Crippen LogP contribution is -2.35. The quantitative estimate of drug-likeness (QED) is 0.611. The fourth-order valence-corrected chi connectivity index (χ4v) is 3.10. The van der Waals surface area contributed by atoms with Gasteiger partial charge in [-0.15, -0.1) is 23.2 Å². The van der Waals surface area contributed by atoms with Crippen LogP contribution in [0.2, 0.25) is 0 Å². The van der Waals surface area contributed by atoms with Crippen molar-refractivity contribution in [2.24, 2.45) is 0 Å². The van der Waals surface area contributed by atoms with Crippen molar-refractivity contribution in [3.8, 4) is 0 Å². The Morgan fingerprint density at radius 3 is 2.57 bits per heavy atom. The molecule has 0 radical (unpaired) electrons. The third-order valence-electron chi connectivity index (χ3n) is 1.62. The summed E-state index contributed by atoms with van der Waals surface area (Å²) in [6.07, 6.45) is 0.652. The molecule has 14 heavy (non-hydrogen) atoms. The summed E-state index contributed by atoms with van der Waals surface area (Å²) < 4.78 is 48.4. The maximum atomic E-state index is 12.5. The van der Waals surface area contributed by atoms with Gasteiger partial charge in [-0.3, -0.25) is 4.57 Å². The number of halogens is 2. The molecule has 0 aromatic heterocycles. The van der Waals surface area contributed by atoms with Crippen molar-refractivity contribution in [1.82, 2.24) is 9.76 Å². The maximum absolute atomic E-state index is 12.5. The van der Waals surface area contributed by atoms with Crippen LogP contribution >= 0.6 is 30.9 Å². The Bertz CT molecular complexity index is 302. The molecule has 1 heterocycles. The molecular weight excluding hydrogens is 246 g/mol. The van der Waals surface area contributed by atoms with Gasteiger partial charge in [-0.1, -0.05) is 0 Å². The molecule has 0 spiro atoms. The smallest absolute Gasteiger partial charge is 0.306 e. The van der Waals surface area contributed by atoms with E-state index in [1.54, 1.807) is 0 Å². The zero-order chi connectivity index (χ0) is 13.9. The normalized spacial score (nSPS) is 41.4. The van der Waals surface area contributed by atoms with Gasteiger partial charge in [0.25, 0.3) is 0 Å². The summed E-state index contributed by atoms with van der Waals surface area (Å²) >= 11 is 11.0. The van der Waals surface area contributed by atoms with Gasteiger partial charge in [0.2, 0.25) is 0 Å². The summed E-state index contributed by atoms with van der Waals surface area (Å²) in [5.41, 5.74) is 0. The van der Waals surface area contributed by atoms with E-state index in [1.807, 2.05) is 0 Å². The Hall–Kier alpha value is 0.690. The molecule has 1 fully saturated rings. The zero-order valence-corrected chi connectivity index (χ0v) is 9.80. The van der Waals surface area contributed by atoms with Crippen molar-refractivity contribution >= 4 is 30.9 Å². The van der Waals surface area contributed by atoms with Crippen molar-refractivity contribution in [3.63, 3.8) is 0 Å². The first kappa shape index (κ1) is 7.88. The van der Waals surface area contributed by atoms with Gasteiger partial charge >= 0.3 is 7.67 Å². The van der Waals surface area contributed by atoms with Gasteiger partial charge in [-0.25, -0.2) is 9.76 Å². The molecule has 5 atom stereocenters. The molecule has 0 bridgehead atoms. The molecule has 1 rings (SSSR count). The highest BCUT2D eigenvalue weighted by molar-refractivity contribution is 7.54. The van der Waals surface area contributed by atoms with Crippen LogP contribution in [-0.2, 0) is 9.09 Å². The first-order valence-electron chi connectivity index (χ1n) is 6.36. The molecule has 0 aliphatic carbocycles.